The average Bonchev–Trinajstić information content (AvgIpc) is 2.98. The molecule has 1 saturated heterocycles. The zero-order valence-corrected chi connectivity index (χ0v) is 16.3. The average molecular weight is 357 g/mol. The minimum atomic E-state index is -0.271. The van der Waals surface area contributed by atoms with Crippen LogP contribution in [0, 0.1) is 6.92 Å². The Morgan fingerprint density at radius 2 is 1.96 bits per heavy atom. The van der Waals surface area contributed by atoms with E-state index in [-0.39, 0.29) is 6.09 Å². The fourth-order valence-corrected chi connectivity index (χ4v) is 3.62. The largest absolute Gasteiger partial charge is 0.448 e. The fourth-order valence-electron chi connectivity index (χ4n) is 3.62. The number of aryl methyl sites for hydroxylation is 1. The molecule has 5 heteroatoms. The summed E-state index contributed by atoms with van der Waals surface area (Å²) in [4.78, 5) is 17.2. The van der Waals surface area contributed by atoms with Gasteiger partial charge in [0, 0.05) is 24.7 Å². The van der Waals surface area contributed by atoms with Crippen molar-refractivity contribution in [3.05, 3.63) is 35.5 Å². The molecule has 3 rings (SSSR count). The molecule has 0 amide bonds. The van der Waals surface area contributed by atoms with Crippen LogP contribution in [0.15, 0.2) is 24.4 Å². The van der Waals surface area contributed by atoms with E-state index in [1.54, 1.807) is 4.57 Å². The number of carbonyl (C=O) groups is 1. The zero-order valence-electron chi connectivity index (χ0n) is 16.3. The van der Waals surface area contributed by atoms with Gasteiger partial charge in [-0.3, -0.25) is 9.47 Å². The lowest BCUT2D eigenvalue weighted by Crippen LogP contribution is -2.33. The maximum absolute atomic E-state index is 12.6. The molecule has 5 nitrogen and oxygen atoms in total. The monoisotopic (exact) mass is 357 g/mol. The third-order valence-electron chi connectivity index (χ3n) is 5.15. The third kappa shape index (κ3) is 4.65. The minimum Gasteiger partial charge on any atom is -0.448 e. The summed E-state index contributed by atoms with van der Waals surface area (Å²) in [6.07, 6.45) is 6.43. The van der Waals surface area contributed by atoms with Gasteiger partial charge in [0.25, 0.3) is 0 Å². The molecule has 1 aliphatic rings. The van der Waals surface area contributed by atoms with Gasteiger partial charge in [0.1, 0.15) is 6.61 Å². The van der Waals surface area contributed by atoms with Crippen LogP contribution in [0.5, 0.6) is 0 Å². The highest BCUT2D eigenvalue weighted by atomic mass is 16.5. The molecule has 0 saturated carbocycles. The van der Waals surface area contributed by atoms with Gasteiger partial charge in [-0.2, -0.15) is 0 Å². The van der Waals surface area contributed by atoms with Crippen molar-refractivity contribution in [1.29, 1.82) is 0 Å². The van der Waals surface area contributed by atoms with Crippen molar-refractivity contribution < 1.29 is 9.53 Å². The number of ether oxygens (including phenoxy) is 1. The van der Waals surface area contributed by atoms with Crippen LogP contribution in [0.4, 0.5) is 4.79 Å². The molecule has 1 aliphatic heterocycles. The quantitative estimate of drug-likeness (QED) is 0.793. The SMILES string of the molecule is Cc1ccc2c(c1)c(CCN(C)C)cn2C(=O)OCCN1CCCCC1. The summed E-state index contributed by atoms with van der Waals surface area (Å²) < 4.78 is 7.26. The maximum atomic E-state index is 12.6. The van der Waals surface area contributed by atoms with Crippen molar-refractivity contribution in [1.82, 2.24) is 14.4 Å². The second-order valence-electron chi connectivity index (χ2n) is 7.61. The molecule has 26 heavy (non-hydrogen) atoms. The summed E-state index contributed by atoms with van der Waals surface area (Å²) in [5.41, 5.74) is 3.34. The Morgan fingerprint density at radius 3 is 2.69 bits per heavy atom. The standard InChI is InChI=1S/C21H31N3O2/c1-17-7-8-20-19(15-17)18(9-12-22(2)3)16-24(20)21(25)26-14-13-23-10-5-4-6-11-23/h7-8,15-16H,4-6,9-14H2,1-3H3. The molecule has 2 aromatic rings. The summed E-state index contributed by atoms with van der Waals surface area (Å²) >= 11 is 0. The van der Waals surface area contributed by atoms with Gasteiger partial charge in [-0.1, -0.05) is 18.1 Å². The zero-order chi connectivity index (χ0) is 18.5. The van der Waals surface area contributed by atoms with Gasteiger partial charge < -0.3 is 9.64 Å². The molecule has 0 unspecified atom stereocenters. The summed E-state index contributed by atoms with van der Waals surface area (Å²) in [5.74, 6) is 0. The van der Waals surface area contributed by atoms with Crippen molar-refractivity contribution in [2.24, 2.45) is 0 Å². The molecule has 1 fully saturated rings. The van der Waals surface area contributed by atoms with Crippen LogP contribution in [0.1, 0.15) is 30.4 Å². The highest BCUT2D eigenvalue weighted by Gasteiger charge is 2.16. The molecular weight excluding hydrogens is 326 g/mol. The number of aromatic nitrogens is 1. The van der Waals surface area contributed by atoms with Crippen molar-refractivity contribution in [3.63, 3.8) is 0 Å². The number of rotatable bonds is 6. The van der Waals surface area contributed by atoms with E-state index in [2.05, 4.69) is 43.0 Å². The van der Waals surface area contributed by atoms with E-state index < -0.39 is 0 Å². The van der Waals surface area contributed by atoms with E-state index in [1.807, 2.05) is 12.3 Å². The van der Waals surface area contributed by atoms with Crippen LogP contribution in [0.2, 0.25) is 0 Å². The Balaban J connectivity index is 1.70. The highest BCUT2D eigenvalue weighted by molar-refractivity contribution is 5.92. The van der Waals surface area contributed by atoms with Gasteiger partial charge in [-0.25, -0.2) is 4.79 Å². The number of fused-ring (bicyclic) bond motifs is 1. The predicted molar refractivity (Wildman–Crippen MR) is 106 cm³/mol. The Kier molecular flexibility index (Phi) is 6.33. The molecule has 142 valence electrons. The van der Waals surface area contributed by atoms with Crippen LogP contribution in [0.25, 0.3) is 10.9 Å². The van der Waals surface area contributed by atoms with E-state index in [4.69, 9.17) is 4.74 Å². The van der Waals surface area contributed by atoms with Gasteiger partial charge in [0.2, 0.25) is 0 Å². The van der Waals surface area contributed by atoms with Crippen LogP contribution < -0.4 is 0 Å². The molecule has 0 N–H and O–H groups in total. The first-order chi connectivity index (χ1) is 12.5. The number of nitrogens with zero attached hydrogens (tertiary/aromatic N) is 3. The van der Waals surface area contributed by atoms with Gasteiger partial charge >= 0.3 is 6.09 Å². The number of carbonyl (C=O) groups excluding carboxylic acids is 1. The lowest BCUT2D eigenvalue weighted by Gasteiger charge is -2.25. The molecule has 0 aliphatic carbocycles. The molecule has 2 heterocycles. The second kappa shape index (κ2) is 8.69. The molecule has 1 aromatic heterocycles. The van der Waals surface area contributed by atoms with Crippen molar-refractivity contribution in [2.45, 2.75) is 32.6 Å². The summed E-state index contributed by atoms with van der Waals surface area (Å²) in [6.45, 7) is 6.57. The van der Waals surface area contributed by atoms with E-state index >= 15 is 0 Å². The normalized spacial score (nSPS) is 15.7. The van der Waals surface area contributed by atoms with E-state index in [9.17, 15) is 4.79 Å². The van der Waals surface area contributed by atoms with E-state index in [0.29, 0.717) is 6.61 Å². The first-order valence-corrected chi connectivity index (χ1v) is 9.69. The van der Waals surface area contributed by atoms with Crippen molar-refractivity contribution in [2.75, 3.05) is 46.9 Å². The van der Waals surface area contributed by atoms with Crippen LogP contribution in [-0.2, 0) is 11.2 Å². The lowest BCUT2D eigenvalue weighted by molar-refractivity contribution is 0.122. The van der Waals surface area contributed by atoms with Gasteiger partial charge in [-0.05, 0) is 71.1 Å². The number of likely N-dealkylation sites (tertiary alicyclic amines) is 1. The van der Waals surface area contributed by atoms with Crippen molar-refractivity contribution in [3.8, 4) is 0 Å². The lowest BCUT2D eigenvalue weighted by atomic mass is 10.1. The Labute approximate surface area is 156 Å². The Morgan fingerprint density at radius 1 is 1.19 bits per heavy atom. The van der Waals surface area contributed by atoms with Gasteiger partial charge in [0.15, 0.2) is 0 Å². The number of likely N-dealkylation sites (N-methyl/N-ethyl adjacent to an activating group) is 1. The Bertz CT molecular complexity index is 745. The Hall–Kier alpha value is -1.85. The van der Waals surface area contributed by atoms with Crippen LogP contribution in [0.3, 0.4) is 0 Å². The number of hydrogen-bond acceptors (Lipinski definition) is 4. The van der Waals surface area contributed by atoms with Crippen LogP contribution >= 0.6 is 0 Å². The molecular formula is C21H31N3O2. The summed E-state index contributed by atoms with van der Waals surface area (Å²) in [6, 6.07) is 6.24. The maximum Gasteiger partial charge on any atom is 0.418 e. The third-order valence-corrected chi connectivity index (χ3v) is 5.15. The number of hydrogen-bond donors (Lipinski definition) is 0. The van der Waals surface area contributed by atoms with E-state index in [1.165, 1.54) is 30.4 Å². The predicted octanol–water partition coefficient (Wildman–Crippen LogP) is 3.52. The second-order valence-corrected chi connectivity index (χ2v) is 7.61. The molecule has 0 bridgehead atoms. The molecule has 0 atom stereocenters. The van der Waals surface area contributed by atoms with Gasteiger partial charge in [-0.15, -0.1) is 0 Å². The summed E-state index contributed by atoms with van der Waals surface area (Å²) in [7, 11) is 4.14. The van der Waals surface area contributed by atoms with Crippen molar-refractivity contribution >= 4 is 17.0 Å². The smallest absolute Gasteiger partial charge is 0.418 e. The summed E-state index contributed by atoms with van der Waals surface area (Å²) in [5, 5.41) is 1.15. The first kappa shape index (κ1) is 18.9. The van der Waals surface area contributed by atoms with Gasteiger partial charge in [0.05, 0.1) is 5.52 Å². The van der Waals surface area contributed by atoms with E-state index in [0.717, 1.165) is 43.5 Å². The molecule has 0 radical (unpaired) electrons. The number of piperidine rings is 1. The molecule has 1 aromatic carbocycles. The first-order valence-electron chi connectivity index (χ1n) is 9.69. The fraction of sp³-hybridized carbons (Fsp3) is 0.571. The minimum absolute atomic E-state index is 0.271. The molecule has 0 spiro atoms. The van der Waals surface area contributed by atoms with Crippen LogP contribution in [-0.4, -0.2) is 67.3 Å². The highest BCUT2D eigenvalue weighted by Crippen LogP contribution is 2.24. The topological polar surface area (TPSA) is 37.7 Å². The number of benzene rings is 1.